The fourth-order valence-corrected chi connectivity index (χ4v) is 7.81. The molecule has 4 rings (SSSR count). The van der Waals surface area contributed by atoms with Crippen LogP contribution in [0.3, 0.4) is 0 Å². The number of rotatable bonds is 4. The van der Waals surface area contributed by atoms with Crippen molar-refractivity contribution in [2.24, 2.45) is 41.4 Å². The van der Waals surface area contributed by atoms with Gasteiger partial charge in [-0.3, -0.25) is 0 Å². The second-order valence-corrected chi connectivity index (χ2v) is 11.3. The zero-order valence-electron chi connectivity index (χ0n) is 19.2. The van der Waals surface area contributed by atoms with Gasteiger partial charge in [0.25, 0.3) is 0 Å². The standard InChI is InChI=1S/C27H42F4/c1-2-3-17-4-6-18(7-5-17)19-8-10-20(11-9-19)21-12-13-23(24(28)14-21)22-15-25(29)27(31)26(30)16-22/h2-3,17-27H,4-16H2,1H3/b3-2+. The summed E-state index contributed by atoms with van der Waals surface area (Å²) in [7, 11) is 0. The second kappa shape index (κ2) is 10.6. The van der Waals surface area contributed by atoms with Gasteiger partial charge in [-0.15, -0.1) is 0 Å². The summed E-state index contributed by atoms with van der Waals surface area (Å²) in [5, 5.41) is 0. The van der Waals surface area contributed by atoms with Crippen molar-refractivity contribution in [1.82, 2.24) is 0 Å². The molecule has 4 saturated carbocycles. The Morgan fingerprint density at radius 3 is 1.48 bits per heavy atom. The fraction of sp³-hybridized carbons (Fsp3) is 0.926. The SMILES string of the molecule is C/C=C/C1CCC(C2CCC(C3CCC(C4CC(F)C(F)C(F)C4)C(F)C3)CC2)CC1. The predicted octanol–water partition coefficient (Wildman–Crippen LogP) is 8.35. The summed E-state index contributed by atoms with van der Waals surface area (Å²) in [6.45, 7) is 2.12. The zero-order valence-corrected chi connectivity index (χ0v) is 19.2. The van der Waals surface area contributed by atoms with Crippen LogP contribution in [0.5, 0.6) is 0 Å². The third-order valence-corrected chi connectivity index (χ3v) is 9.65. The minimum atomic E-state index is -2.01. The van der Waals surface area contributed by atoms with Crippen molar-refractivity contribution in [2.75, 3.05) is 0 Å². The molecule has 5 atom stereocenters. The number of hydrogen-bond donors (Lipinski definition) is 0. The van der Waals surface area contributed by atoms with Gasteiger partial charge in [0.1, 0.15) is 18.5 Å². The summed E-state index contributed by atoms with van der Waals surface area (Å²) < 4.78 is 56.3. The Balaban J connectivity index is 1.22. The molecule has 4 aliphatic carbocycles. The van der Waals surface area contributed by atoms with Gasteiger partial charge in [0, 0.05) is 0 Å². The van der Waals surface area contributed by atoms with Crippen LogP contribution in [0.2, 0.25) is 0 Å². The van der Waals surface area contributed by atoms with E-state index < -0.39 is 24.7 Å². The van der Waals surface area contributed by atoms with Gasteiger partial charge in [-0.05, 0) is 132 Å². The van der Waals surface area contributed by atoms with Crippen molar-refractivity contribution in [2.45, 2.75) is 115 Å². The van der Waals surface area contributed by atoms with Crippen LogP contribution in [0.15, 0.2) is 12.2 Å². The number of alkyl halides is 4. The monoisotopic (exact) mass is 442 g/mol. The molecule has 0 aromatic heterocycles. The highest BCUT2D eigenvalue weighted by Gasteiger charge is 2.46. The van der Waals surface area contributed by atoms with E-state index in [0.717, 1.165) is 30.6 Å². The Morgan fingerprint density at radius 1 is 0.516 bits per heavy atom. The molecule has 0 amide bonds. The largest absolute Gasteiger partial charge is 0.247 e. The molecule has 0 saturated heterocycles. The van der Waals surface area contributed by atoms with E-state index in [2.05, 4.69) is 19.1 Å². The van der Waals surface area contributed by atoms with Gasteiger partial charge in [-0.1, -0.05) is 12.2 Å². The molecule has 4 fully saturated rings. The van der Waals surface area contributed by atoms with Crippen molar-refractivity contribution < 1.29 is 17.6 Å². The third-order valence-electron chi connectivity index (χ3n) is 9.65. The van der Waals surface area contributed by atoms with Gasteiger partial charge in [-0.25, -0.2) is 17.6 Å². The molecule has 31 heavy (non-hydrogen) atoms. The number of allylic oxidation sites excluding steroid dienone is 2. The highest BCUT2D eigenvalue weighted by atomic mass is 19.2. The van der Waals surface area contributed by atoms with Gasteiger partial charge in [0.2, 0.25) is 0 Å². The van der Waals surface area contributed by atoms with Gasteiger partial charge in [-0.2, -0.15) is 0 Å². The smallest absolute Gasteiger partial charge is 0.162 e. The van der Waals surface area contributed by atoms with Crippen molar-refractivity contribution in [1.29, 1.82) is 0 Å². The number of halogens is 4. The van der Waals surface area contributed by atoms with E-state index in [4.69, 9.17) is 0 Å². The summed E-state index contributed by atoms with van der Waals surface area (Å²) in [4.78, 5) is 0. The first-order valence-corrected chi connectivity index (χ1v) is 13.1. The van der Waals surface area contributed by atoms with E-state index in [-0.39, 0.29) is 24.7 Å². The van der Waals surface area contributed by atoms with E-state index in [1.165, 1.54) is 51.4 Å². The van der Waals surface area contributed by atoms with Crippen LogP contribution in [0.4, 0.5) is 17.6 Å². The fourth-order valence-electron chi connectivity index (χ4n) is 7.81. The minimum absolute atomic E-state index is 0.00125. The normalized spacial score (nSPS) is 49.9. The molecule has 0 heterocycles. The molecule has 0 nitrogen and oxygen atoms in total. The highest BCUT2D eigenvalue weighted by molar-refractivity contribution is 4.95. The summed E-state index contributed by atoms with van der Waals surface area (Å²) in [6, 6.07) is 0. The lowest BCUT2D eigenvalue weighted by atomic mass is 9.63. The van der Waals surface area contributed by atoms with Gasteiger partial charge >= 0.3 is 0 Å². The zero-order chi connectivity index (χ0) is 22.0. The van der Waals surface area contributed by atoms with E-state index in [9.17, 15) is 13.2 Å². The molecule has 0 aliphatic heterocycles. The Bertz CT molecular complexity index is 564. The Hall–Kier alpha value is -0.540. The van der Waals surface area contributed by atoms with Crippen LogP contribution in [0, 0.1) is 41.4 Å². The quantitative estimate of drug-likeness (QED) is 0.303. The Labute approximate surface area is 186 Å². The molecule has 178 valence electrons. The summed E-state index contributed by atoms with van der Waals surface area (Å²) in [5.41, 5.74) is 0. The summed E-state index contributed by atoms with van der Waals surface area (Å²) >= 11 is 0. The molecular weight excluding hydrogens is 400 g/mol. The molecule has 0 spiro atoms. The average Bonchev–Trinajstić information content (AvgIpc) is 2.78. The summed E-state index contributed by atoms with van der Waals surface area (Å²) in [6.07, 6.45) is 10.8. The molecule has 0 aromatic carbocycles. The lowest BCUT2D eigenvalue weighted by Gasteiger charge is -2.44. The van der Waals surface area contributed by atoms with Crippen molar-refractivity contribution in [3.8, 4) is 0 Å². The van der Waals surface area contributed by atoms with E-state index in [1.807, 2.05) is 0 Å². The average molecular weight is 443 g/mol. The molecule has 0 N–H and O–H groups in total. The van der Waals surface area contributed by atoms with Crippen LogP contribution in [-0.4, -0.2) is 24.7 Å². The van der Waals surface area contributed by atoms with Crippen molar-refractivity contribution in [3.63, 3.8) is 0 Å². The number of hydrogen-bond acceptors (Lipinski definition) is 0. The van der Waals surface area contributed by atoms with Crippen molar-refractivity contribution in [3.05, 3.63) is 12.2 Å². The van der Waals surface area contributed by atoms with Gasteiger partial charge in [0.05, 0.1) is 0 Å². The van der Waals surface area contributed by atoms with Crippen LogP contribution in [0.1, 0.15) is 90.4 Å². The van der Waals surface area contributed by atoms with Gasteiger partial charge < -0.3 is 0 Å². The molecule has 0 bridgehead atoms. The first kappa shape index (κ1) is 23.6. The molecule has 5 unspecified atom stereocenters. The highest BCUT2D eigenvalue weighted by Crippen LogP contribution is 2.49. The second-order valence-electron chi connectivity index (χ2n) is 11.3. The molecule has 0 aromatic rings. The van der Waals surface area contributed by atoms with E-state index in [0.29, 0.717) is 18.3 Å². The molecule has 4 aliphatic rings. The maximum Gasteiger partial charge on any atom is 0.162 e. The molecular formula is C27H42F4. The van der Waals surface area contributed by atoms with E-state index >= 15 is 4.39 Å². The predicted molar refractivity (Wildman–Crippen MR) is 119 cm³/mol. The van der Waals surface area contributed by atoms with Gasteiger partial charge in [0.15, 0.2) is 6.17 Å². The lowest BCUT2D eigenvalue weighted by molar-refractivity contribution is -0.0292. The summed E-state index contributed by atoms with van der Waals surface area (Å²) in [5.74, 6) is 2.98. The van der Waals surface area contributed by atoms with Crippen LogP contribution in [-0.2, 0) is 0 Å². The maximum absolute atomic E-state index is 15.1. The van der Waals surface area contributed by atoms with Crippen LogP contribution < -0.4 is 0 Å². The third kappa shape index (κ3) is 5.52. The van der Waals surface area contributed by atoms with Crippen molar-refractivity contribution >= 4 is 0 Å². The minimum Gasteiger partial charge on any atom is -0.247 e. The molecule has 0 radical (unpaired) electrons. The van der Waals surface area contributed by atoms with Crippen LogP contribution in [0.25, 0.3) is 0 Å². The Morgan fingerprint density at radius 2 is 0.968 bits per heavy atom. The Kier molecular flexibility index (Phi) is 8.07. The lowest BCUT2D eigenvalue weighted by Crippen LogP contribution is -2.43. The van der Waals surface area contributed by atoms with Crippen LogP contribution >= 0.6 is 0 Å². The first-order chi connectivity index (χ1) is 15.0. The first-order valence-electron chi connectivity index (χ1n) is 13.1. The van der Waals surface area contributed by atoms with E-state index in [1.54, 1.807) is 0 Å². The maximum atomic E-state index is 15.1. The molecule has 4 heteroatoms. The topological polar surface area (TPSA) is 0 Å².